The Kier molecular flexibility index (Phi) is 3.85. The zero-order valence-electron chi connectivity index (χ0n) is 9.50. The molecule has 1 rings (SSSR count). The first-order valence-corrected chi connectivity index (χ1v) is 6.36. The Morgan fingerprint density at radius 2 is 1.76 bits per heavy atom. The number of rotatable bonds is 4. The summed E-state index contributed by atoms with van der Waals surface area (Å²) in [4.78, 5) is -0.985. The molecule has 96 valence electrons. The van der Waals surface area contributed by atoms with Crippen LogP contribution >= 0.6 is 0 Å². The molecule has 0 amide bonds. The van der Waals surface area contributed by atoms with Crippen LogP contribution in [0.5, 0.6) is 0 Å². The molecule has 0 atom stereocenters. The molecule has 0 saturated carbocycles. The van der Waals surface area contributed by atoms with E-state index in [0.717, 1.165) is 18.2 Å². The van der Waals surface area contributed by atoms with Gasteiger partial charge in [0.15, 0.2) is 4.90 Å². The highest BCUT2D eigenvalue weighted by Crippen LogP contribution is 2.19. The van der Waals surface area contributed by atoms with Crippen molar-refractivity contribution in [1.82, 2.24) is 4.72 Å². The molecule has 3 N–H and O–H groups in total. The third-order valence-electron chi connectivity index (χ3n) is 2.11. The van der Waals surface area contributed by atoms with E-state index in [-0.39, 0.29) is 6.54 Å². The summed E-state index contributed by atoms with van der Waals surface area (Å²) in [5, 5.41) is 0. The molecule has 0 fully saturated rings. The second-order valence-electron chi connectivity index (χ2n) is 4.24. The molecule has 0 saturated heterocycles. The van der Waals surface area contributed by atoms with Gasteiger partial charge >= 0.3 is 0 Å². The van der Waals surface area contributed by atoms with Crippen molar-refractivity contribution < 1.29 is 17.2 Å². The van der Waals surface area contributed by atoms with E-state index in [9.17, 15) is 17.2 Å². The zero-order valence-corrected chi connectivity index (χ0v) is 10.3. The molecule has 0 aliphatic rings. The zero-order chi connectivity index (χ0) is 13.3. The number of benzene rings is 1. The molecule has 7 heteroatoms. The molecule has 0 aliphatic heterocycles. The Morgan fingerprint density at radius 1 is 1.29 bits per heavy atom. The molecule has 0 bridgehead atoms. The average molecular weight is 264 g/mol. The lowest BCUT2D eigenvalue weighted by Crippen LogP contribution is -2.49. The van der Waals surface area contributed by atoms with Gasteiger partial charge in [0.05, 0.1) is 0 Å². The summed E-state index contributed by atoms with van der Waals surface area (Å²) in [5.41, 5.74) is 4.37. The minimum Gasteiger partial charge on any atom is -0.329 e. The van der Waals surface area contributed by atoms with Crippen molar-refractivity contribution in [3.63, 3.8) is 0 Å². The van der Waals surface area contributed by atoms with Crippen molar-refractivity contribution in [2.75, 3.05) is 6.54 Å². The predicted octanol–water partition coefficient (Wildman–Crippen LogP) is 0.980. The van der Waals surface area contributed by atoms with Gasteiger partial charge in [-0.1, -0.05) is 6.07 Å². The van der Waals surface area contributed by atoms with Gasteiger partial charge in [-0.2, -0.15) is 0 Å². The van der Waals surface area contributed by atoms with Crippen molar-refractivity contribution in [2.24, 2.45) is 5.73 Å². The fourth-order valence-electron chi connectivity index (χ4n) is 1.20. The van der Waals surface area contributed by atoms with Gasteiger partial charge in [-0.3, -0.25) is 0 Å². The number of nitrogens with two attached hydrogens (primary N) is 1. The van der Waals surface area contributed by atoms with Gasteiger partial charge in [0.25, 0.3) is 0 Å². The number of nitrogens with one attached hydrogen (secondary N) is 1. The summed E-state index contributed by atoms with van der Waals surface area (Å²) in [6.07, 6.45) is 0. The Morgan fingerprint density at radius 3 is 2.18 bits per heavy atom. The lowest BCUT2D eigenvalue weighted by molar-refractivity contribution is 0.453. The van der Waals surface area contributed by atoms with Gasteiger partial charge in [-0.15, -0.1) is 0 Å². The summed E-state index contributed by atoms with van der Waals surface area (Å²) in [5.74, 6) is -2.27. The topological polar surface area (TPSA) is 72.2 Å². The Balaban J connectivity index is 3.24. The highest BCUT2D eigenvalue weighted by Gasteiger charge is 2.29. The van der Waals surface area contributed by atoms with E-state index in [1.165, 1.54) is 13.8 Å². The van der Waals surface area contributed by atoms with E-state index in [0.29, 0.717) is 0 Å². The quantitative estimate of drug-likeness (QED) is 0.851. The molecule has 0 unspecified atom stereocenters. The average Bonchev–Trinajstić information content (AvgIpc) is 2.15. The second-order valence-corrected chi connectivity index (χ2v) is 5.86. The van der Waals surface area contributed by atoms with E-state index >= 15 is 0 Å². The van der Waals surface area contributed by atoms with Crippen LogP contribution in [0.3, 0.4) is 0 Å². The molecule has 0 aromatic heterocycles. The van der Waals surface area contributed by atoms with Crippen LogP contribution in [0.1, 0.15) is 13.8 Å². The van der Waals surface area contributed by atoms with Crippen molar-refractivity contribution in [3.05, 3.63) is 29.8 Å². The molecule has 0 radical (unpaired) electrons. The maximum atomic E-state index is 13.3. The summed E-state index contributed by atoms with van der Waals surface area (Å²) in [6, 6.07) is 2.86. The minimum absolute atomic E-state index is 0.00228. The van der Waals surface area contributed by atoms with Crippen LogP contribution in [-0.4, -0.2) is 20.5 Å². The molecular formula is C10H14F2N2O2S. The van der Waals surface area contributed by atoms with Crippen molar-refractivity contribution in [1.29, 1.82) is 0 Å². The van der Waals surface area contributed by atoms with Crippen LogP contribution in [0.25, 0.3) is 0 Å². The van der Waals surface area contributed by atoms with Gasteiger partial charge < -0.3 is 5.73 Å². The first-order valence-electron chi connectivity index (χ1n) is 4.88. The van der Waals surface area contributed by atoms with Gasteiger partial charge in [-0.25, -0.2) is 21.9 Å². The first-order chi connectivity index (χ1) is 7.69. The third kappa shape index (κ3) is 3.21. The molecule has 0 aliphatic carbocycles. The van der Waals surface area contributed by atoms with E-state index in [1.54, 1.807) is 0 Å². The highest BCUT2D eigenvalue weighted by atomic mass is 32.2. The molecular weight excluding hydrogens is 250 g/mol. The fourth-order valence-corrected chi connectivity index (χ4v) is 2.76. The van der Waals surface area contributed by atoms with Crippen molar-refractivity contribution in [2.45, 2.75) is 24.3 Å². The van der Waals surface area contributed by atoms with Gasteiger partial charge in [0.1, 0.15) is 11.6 Å². The van der Waals surface area contributed by atoms with Crippen LogP contribution in [0.2, 0.25) is 0 Å². The minimum atomic E-state index is -4.27. The van der Waals surface area contributed by atoms with E-state index in [4.69, 9.17) is 5.73 Å². The molecule has 1 aromatic rings. The lowest BCUT2D eigenvalue weighted by Gasteiger charge is -2.24. The molecule has 0 spiro atoms. The maximum Gasteiger partial charge on any atom is 0.246 e. The lowest BCUT2D eigenvalue weighted by atomic mass is 10.1. The number of sulfonamides is 1. The second kappa shape index (κ2) is 4.67. The molecule has 17 heavy (non-hydrogen) atoms. The van der Waals surface area contributed by atoms with E-state index < -0.39 is 32.1 Å². The van der Waals surface area contributed by atoms with Crippen LogP contribution in [0.15, 0.2) is 23.1 Å². The Hall–Kier alpha value is -1.05. The summed E-state index contributed by atoms with van der Waals surface area (Å²) in [6.45, 7) is 3.04. The first kappa shape index (κ1) is 14.0. The van der Waals surface area contributed by atoms with Crippen LogP contribution in [-0.2, 0) is 10.0 Å². The predicted molar refractivity (Wildman–Crippen MR) is 59.8 cm³/mol. The largest absolute Gasteiger partial charge is 0.329 e. The summed E-state index contributed by atoms with van der Waals surface area (Å²) < 4.78 is 52.4. The molecule has 4 nitrogen and oxygen atoms in total. The van der Waals surface area contributed by atoms with Gasteiger partial charge in [0, 0.05) is 12.1 Å². The summed E-state index contributed by atoms with van der Waals surface area (Å²) >= 11 is 0. The van der Waals surface area contributed by atoms with Crippen LogP contribution in [0.4, 0.5) is 8.78 Å². The number of halogens is 2. The molecule has 0 heterocycles. The highest BCUT2D eigenvalue weighted by molar-refractivity contribution is 7.89. The Labute approximate surface area is 98.9 Å². The smallest absolute Gasteiger partial charge is 0.246 e. The SMILES string of the molecule is CC(C)(CN)NS(=O)(=O)c1c(F)cccc1F. The monoisotopic (exact) mass is 264 g/mol. The van der Waals surface area contributed by atoms with Gasteiger partial charge in [-0.05, 0) is 26.0 Å². The molecule has 1 aromatic carbocycles. The van der Waals surface area contributed by atoms with Crippen LogP contribution in [0, 0.1) is 11.6 Å². The fraction of sp³-hybridized carbons (Fsp3) is 0.400. The number of hydrogen-bond donors (Lipinski definition) is 2. The van der Waals surface area contributed by atoms with E-state index in [1.807, 2.05) is 0 Å². The normalized spacial score (nSPS) is 12.8. The maximum absolute atomic E-state index is 13.3. The summed E-state index contributed by atoms with van der Waals surface area (Å²) in [7, 11) is -4.27. The van der Waals surface area contributed by atoms with Crippen LogP contribution < -0.4 is 10.5 Å². The van der Waals surface area contributed by atoms with E-state index in [2.05, 4.69) is 4.72 Å². The third-order valence-corrected chi connectivity index (χ3v) is 3.86. The van der Waals surface area contributed by atoms with Crippen molar-refractivity contribution in [3.8, 4) is 0 Å². The Bertz CT molecular complexity index is 495. The van der Waals surface area contributed by atoms with Crippen molar-refractivity contribution >= 4 is 10.0 Å². The number of hydrogen-bond acceptors (Lipinski definition) is 3. The van der Waals surface area contributed by atoms with Gasteiger partial charge in [0.2, 0.25) is 10.0 Å². The standard InChI is InChI=1S/C10H14F2N2O2S/c1-10(2,6-13)14-17(15,16)9-7(11)4-3-5-8(9)12/h3-5,14H,6,13H2,1-2H3.